The van der Waals surface area contributed by atoms with Crippen molar-refractivity contribution in [3.8, 4) is 0 Å². The fraction of sp³-hybridized carbons (Fsp3) is 0.579. The predicted molar refractivity (Wildman–Crippen MR) is 89.4 cm³/mol. The summed E-state index contributed by atoms with van der Waals surface area (Å²) in [5.74, 6) is 0. The highest BCUT2D eigenvalue weighted by Crippen LogP contribution is 2.38. The van der Waals surface area contributed by atoms with Crippen LogP contribution < -0.4 is 5.32 Å². The average molecular weight is 284 g/mol. The van der Waals surface area contributed by atoms with Crippen LogP contribution in [0.25, 0.3) is 0 Å². The molecule has 1 aliphatic heterocycles. The molecule has 0 amide bonds. The molecule has 1 atom stereocenters. The molecule has 0 bridgehead atoms. The molecule has 1 unspecified atom stereocenters. The molecular formula is C19H28N2. The van der Waals surface area contributed by atoms with Crippen LogP contribution in [0.1, 0.15) is 44.6 Å². The van der Waals surface area contributed by atoms with Crippen LogP contribution >= 0.6 is 0 Å². The SMILES string of the molecule is C=CCN1CC2(CCCCC2)NCC1(C)c1ccccc1. The van der Waals surface area contributed by atoms with Crippen molar-refractivity contribution in [1.82, 2.24) is 10.2 Å². The normalized spacial score (nSPS) is 29.4. The fourth-order valence-electron chi connectivity index (χ4n) is 4.13. The van der Waals surface area contributed by atoms with E-state index in [9.17, 15) is 0 Å². The van der Waals surface area contributed by atoms with Crippen molar-refractivity contribution in [2.24, 2.45) is 0 Å². The Balaban J connectivity index is 1.87. The lowest BCUT2D eigenvalue weighted by Crippen LogP contribution is -2.68. The highest BCUT2D eigenvalue weighted by atomic mass is 15.3. The van der Waals surface area contributed by atoms with Gasteiger partial charge in [-0.25, -0.2) is 0 Å². The Morgan fingerprint density at radius 1 is 1.19 bits per heavy atom. The van der Waals surface area contributed by atoms with Crippen LogP contribution in [0.4, 0.5) is 0 Å². The summed E-state index contributed by atoms with van der Waals surface area (Å²) in [4.78, 5) is 2.64. The lowest BCUT2D eigenvalue weighted by Gasteiger charge is -2.54. The van der Waals surface area contributed by atoms with Gasteiger partial charge in [-0.2, -0.15) is 0 Å². The van der Waals surface area contributed by atoms with Crippen molar-refractivity contribution < 1.29 is 0 Å². The van der Waals surface area contributed by atoms with Gasteiger partial charge in [-0.15, -0.1) is 6.58 Å². The van der Waals surface area contributed by atoms with Gasteiger partial charge in [-0.05, 0) is 25.3 Å². The van der Waals surface area contributed by atoms with Crippen molar-refractivity contribution >= 4 is 0 Å². The molecule has 0 aromatic heterocycles. The Kier molecular flexibility index (Phi) is 4.19. The van der Waals surface area contributed by atoms with Gasteiger partial charge in [0.2, 0.25) is 0 Å². The molecule has 1 saturated carbocycles. The number of piperazine rings is 1. The molecular weight excluding hydrogens is 256 g/mol. The van der Waals surface area contributed by atoms with E-state index in [1.54, 1.807) is 0 Å². The third-order valence-electron chi connectivity index (χ3n) is 5.55. The molecule has 1 spiro atoms. The van der Waals surface area contributed by atoms with E-state index in [-0.39, 0.29) is 5.54 Å². The van der Waals surface area contributed by atoms with E-state index < -0.39 is 0 Å². The van der Waals surface area contributed by atoms with Crippen LogP contribution in [-0.2, 0) is 5.54 Å². The maximum Gasteiger partial charge on any atom is 0.0561 e. The van der Waals surface area contributed by atoms with Gasteiger partial charge < -0.3 is 5.32 Å². The number of nitrogens with one attached hydrogen (secondary N) is 1. The first kappa shape index (κ1) is 14.8. The molecule has 1 aromatic carbocycles. The van der Waals surface area contributed by atoms with Crippen molar-refractivity contribution in [1.29, 1.82) is 0 Å². The highest BCUT2D eigenvalue weighted by Gasteiger charge is 2.45. The Hall–Kier alpha value is -1.12. The monoisotopic (exact) mass is 284 g/mol. The van der Waals surface area contributed by atoms with E-state index >= 15 is 0 Å². The largest absolute Gasteiger partial charge is 0.308 e. The number of benzene rings is 1. The molecule has 1 N–H and O–H groups in total. The Labute approximate surface area is 129 Å². The van der Waals surface area contributed by atoms with E-state index in [1.165, 1.54) is 37.7 Å². The second kappa shape index (κ2) is 5.94. The van der Waals surface area contributed by atoms with E-state index in [0.717, 1.165) is 19.6 Å². The summed E-state index contributed by atoms with van der Waals surface area (Å²) in [5, 5.41) is 3.94. The number of hydrogen-bond donors (Lipinski definition) is 1. The molecule has 3 rings (SSSR count). The van der Waals surface area contributed by atoms with Crippen molar-refractivity contribution in [2.45, 2.75) is 50.1 Å². The first-order valence-corrected chi connectivity index (χ1v) is 8.35. The van der Waals surface area contributed by atoms with Crippen LogP contribution in [0.3, 0.4) is 0 Å². The summed E-state index contributed by atoms with van der Waals surface area (Å²) in [7, 11) is 0. The van der Waals surface area contributed by atoms with Crippen LogP contribution in [0.5, 0.6) is 0 Å². The van der Waals surface area contributed by atoms with Crippen LogP contribution in [-0.4, -0.2) is 30.1 Å². The molecule has 2 aliphatic rings. The van der Waals surface area contributed by atoms with Gasteiger partial charge in [0.15, 0.2) is 0 Å². The number of hydrogen-bond acceptors (Lipinski definition) is 2. The van der Waals surface area contributed by atoms with Gasteiger partial charge in [0.25, 0.3) is 0 Å². The minimum absolute atomic E-state index is 0.0676. The summed E-state index contributed by atoms with van der Waals surface area (Å²) >= 11 is 0. The Morgan fingerprint density at radius 3 is 2.57 bits per heavy atom. The van der Waals surface area contributed by atoms with Gasteiger partial charge in [-0.1, -0.05) is 55.7 Å². The zero-order valence-electron chi connectivity index (χ0n) is 13.3. The van der Waals surface area contributed by atoms with E-state index in [4.69, 9.17) is 0 Å². The Bertz CT molecular complexity index is 476. The molecule has 1 saturated heterocycles. The smallest absolute Gasteiger partial charge is 0.0561 e. The molecule has 1 aliphatic carbocycles. The highest BCUT2D eigenvalue weighted by molar-refractivity contribution is 5.26. The Morgan fingerprint density at radius 2 is 1.90 bits per heavy atom. The van der Waals surface area contributed by atoms with E-state index in [1.807, 2.05) is 0 Å². The second-order valence-electron chi connectivity index (χ2n) is 7.00. The van der Waals surface area contributed by atoms with Crippen LogP contribution in [0, 0.1) is 0 Å². The van der Waals surface area contributed by atoms with Gasteiger partial charge >= 0.3 is 0 Å². The average Bonchev–Trinajstić information content (AvgIpc) is 2.53. The third kappa shape index (κ3) is 2.79. The predicted octanol–water partition coefficient (Wildman–Crippen LogP) is 3.70. The molecule has 2 nitrogen and oxygen atoms in total. The summed E-state index contributed by atoms with van der Waals surface area (Å²) in [6.07, 6.45) is 8.86. The van der Waals surface area contributed by atoms with Gasteiger partial charge in [-0.3, -0.25) is 4.90 Å². The number of nitrogens with zero attached hydrogens (tertiary/aromatic N) is 1. The molecule has 1 heterocycles. The van der Waals surface area contributed by atoms with Crippen molar-refractivity contribution in [3.05, 3.63) is 48.6 Å². The molecule has 1 aromatic rings. The molecule has 2 fully saturated rings. The van der Waals surface area contributed by atoms with Crippen LogP contribution in [0.15, 0.2) is 43.0 Å². The maximum absolute atomic E-state index is 3.99. The minimum atomic E-state index is 0.0676. The van der Waals surface area contributed by atoms with Crippen LogP contribution in [0.2, 0.25) is 0 Å². The van der Waals surface area contributed by atoms with Crippen molar-refractivity contribution in [3.63, 3.8) is 0 Å². The summed E-state index contributed by atoms with van der Waals surface area (Å²) < 4.78 is 0. The quantitative estimate of drug-likeness (QED) is 0.852. The lowest BCUT2D eigenvalue weighted by atomic mass is 9.76. The van der Waals surface area contributed by atoms with Gasteiger partial charge in [0.1, 0.15) is 0 Å². The standard InChI is InChI=1S/C19H28N2/c1-3-14-21-16-19(12-8-5-9-13-19)20-15-18(21,2)17-10-6-4-7-11-17/h3-4,6-7,10-11,20H,1,5,8-9,12-16H2,2H3. The summed E-state index contributed by atoms with van der Waals surface area (Å²) in [5.41, 5.74) is 1.82. The summed E-state index contributed by atoms with van der Waals surface area (Å²) in [6.45, 7) is 9.50. The molecule has 114 valence electrons. The van der Waals surface area contributed by atoms with E-state index in [2.05, 4.69) is 60.1 Å². The van der Waals surface area contributed by atoms with Crippen molar-refractivity contribution in [2.75, 3.05) is 19.6 Å². The maximum atomic E-state index is 3.99. The lowest BCUT2D eigenvalue weighted by molar-refractivity contribution is 0.00650. The molecule has 0 radical (unpaired) electrons. The third-order valence-corrected chi connectivity index (χ3v) is 5.55. The van der Waals surface area contributed by atoms with Gasteiger partial charge in [0.05, 0.1) is 5.54 Å². The topological polar surface area (TPSA) is 15.3 Å². The first-order valence-electron chi connectivity index (χ1n) is 8.35. The molecule has 21 heavy (non-hydrogen) atoms. The minimum Gasteiger partial charge on any atom is -0.308 e. The fourth-order valence-corrected chi connectivity index (χ4v) is 4.13. The van der Waals surface area contributed by atoms with E-state index in [0.29, 0.717) is 5.54 Å². The number of rotatable bonds is 3. The zero-order chi connectivity index (χ0) is 14.8. The van der Waals surface area contributed by atoms with Gasteiger partial charge in [0, 0.05) is 25.2 Å². The zero-order valence-corrected chi connectivity index (χ0v) is 13.3. The molecule has 2 heteroatoms. The summed E-state index contributed by atoms with van der Waals surface area (Å²) in [6, 6.07) is 10.9. The first-order chi connectivity index (χ1) is 10.2. The second-order valence-corrected chi connectivity index (χ2v) is 7.00.